The molecule has 0 aromatic heterocycles. The van der Waals surface area contributed by atoms with Gasteiger partial charge in [0.1, 0.15) is 23.4 Å². The van der Waals surface area contributed by atoms with Gasteiger partial charge in [0, 0.05) is 17.7 Å². The summed E-state index contributed by atoms with van der Waals surface area (Å²) in [5, 5.41) is 19.5. The Morgan fingerprint density at radius 2 is 1.82 bits per heavy atom. The van der Waals surface area contributed by atoms with Crippen molar-refractivity contribution < 1.29 is 24.4 Å². The third-order valence-corrected chi connectivity index (χ3v) is 3.88. The molecule has 0 saturated carbocycles. The van der Waals surface area contributed by atoms with Crippen molar-refractivity contribution in [2.24, 2.45) is 0 Å². The highest BCUT2D eigenvalue weighted by molar-refractivity contribution is 5.51. The molecule has 0 spiro atoms. The molecule has 0 bridgehead atoms. The Morgan fingerprint density at radius 3 is 2.55 bits per heavy atom. The number of hydrogen-bond acceptors (Lipinski definition) is 5. The molecule has 0 amide bonds. The smallest absolute Gasteiger partial charge is 0.161 e. The monoisotopic (exact) mass is 302 g/mol. The van der Waals surface area contributed by atoms with E-state index in [0.717, 1.165) is 17.5 Å². The molecule has 0 fully saturated rings. The molecule has 22 heavy (non-hydrogen) atoms. The second-order valence-corrected chi connectivity index (χ2v) is 5.20. The number of fused-ring (bicyclic) bond motifs is 1. The van der Waals surface area contributed by atoms with E-state index >= 15 is 0 Å². The lowest BCUT2D eigenvalue weighted by Gasteiger charge is -2.27. The molecule has 2 aromatic carbocycles. The van der Waals surface area contributed by atoms with Gasteiger partial charge in [-0.3, -0.25) is 0 Å². The Balaban J connectivity index is 1.91. The molecule has 5 nitrogen and oxygen atoms in total. The summed E-state index contributed by atoms with van der Waals surface area (Å²) in [6, 6.07) is 8.52. The number of hydrogen-bond donors (Lipinski definition) is 2. The fraction of sp³-hybridized carbons (Fsp3) is 0.294. The van der Waals surface area contributed by atoms with E-state index in [4.69, 9.17) is 14.2 Å². The van der Waals surface area contributed by atoms with Gasteiger partial charge in [-0.1, -0.05) is 6.07 Å². The van der Waals surface area contributed by atoms with E-state index in [1.165, 1.54) is 12.1 Å². The number of phenols is 2. The van der Waals surface area contributed by atoms with E-state index in [2.05, 4.69) is 0 Å². The van der Waals surface area contributed by atoms with Crippen molar-refractivity contribution in [3.63, 3.8) is 0 Å². The van der Waals surface area contributed by atoms with Crippen molar-refractivity contribution in [2.75, 3.05) is 14.2 Å². The minimum atomic E-state index is -0.159. The maximum Gasteiger partial charge on any atom is 0.161 e. The summed E-state index contributed by atoms with van der Waals surface area (Å²) in [5.41, 5.74) is 1.70. The van der Waals surface area contributed by atoms with Crippen molar-refractivity contribution in [1.29, 1.82) is 0 Å². The molecule has 2 aromatic rings. The lowest BCUT2D eigenvalue weighted by Crippen LogP contribution is -2.15. The Kier molecular flexibility index (Phi) is 3.71. The summed E-state index contributed by atoms with van der Waals surface area (Å²) < 4.78 is 16.5. The fourth-order valence-corrected chi connectivity index (χ4v) is 2.75. The van der Waals surface area contributed by atoms with Gasteiger partial charge in [0.05, 0.1) is 14.2 Å². The lowest BCUT2D eigenvalue weighted by molar-refractivity contribution is 0.173. The van der Waals surface area contributed by atoms with Gasteiger partial charge in [-0.25, -0.2) is 0 Å². The van der Waals surface area contributed by atoms with Crippen LogP contribution in [0.5, 0.6) is 28.7 Å². The van der Waals surface area contributed by atoms with E-state index in [1.807, 2.05) is 18.2 Å². The summed E-state index contributed by atoms with van der Waals surface area (Å²) in [5.74, 6) is 1.89. The Bertz CT molecular complexity index is 696. The van der Waals surface area contributed by atoms with Crippen LogP contribution in [0, 0.1) is 0 Å². The third kappa shape index (κ3) is 2.50. The molecular formula is C17H18O5. The highest BCUT2D eigenvalue weighted by Gasteiger charge is 2.25. The molecule has 3 rings (SSSR count). The predicted octanol–water partition coefficient (Wildman–Crippen LogP) is 3.18. The lowest BCUT2D eigenvalue weighted by atomic mass is 9.96. The molecule has 0 radical (unpaired) electrons. The maximum atomic E-state index is 9.87. The first-order valence-corrected chi connectivity index (χ1v) is 7.05. The van der Waals surface area contributed by atoms with Gasteiger partial charge >= 0.3 is 0 Å². The highest BCUT2D eigenvalue weighted by Crippen LogP contribution is 2.42. The van der Waals surface area contributed by atoms with Crippen LogP contribution in [0.4, 0.5) is 0 Å². The molecular weight excluding hydrogens is 284 g/mol. The number of ether oxygens (including phenoxy) is 3. The topological polar surface area (TPSA) is 68.2 Å². The summed E-state index contributed by atoms with van der Waals surface area (Å²) in [6.07, 6.45) is 1.26. The van der Waals surface area contributed by atoms with Crippen molar-refractivity contribution in [3.8, 4) is 28.7 Å². The zero-order chi connectivity index (χ0) is 15.7. The van der Waals surface area contributed by atoms with Gasteiger partial charge in [-0.2, -0.15) is 0 Å². The zero-order valence-corrected chi connectivity index (χ0v) is 12.5. The van der Waals surface area contributed by atoms with Crippen molar-refractivity contribution in [2.45, 2.75) is 18.9 Å². The van der Waals surface area contributed by atoms with Crippen LogP contribution in [0.1, 0.15) is 23.7 Å². The minimum absolute atomic E-state index is 0.00999. The Morgan fingerprint density at radius 1 is 1.05 bits per heavy atom. The molecule has 1 heterocycles. The van der Waals surface area contributed by atoms with Crippen LogP contribution >= 0.6 is 0 Å². The number of methoxy groups -OCH3 is 2. The van der Waals surface area contributed by atoms with Crippen LogP contribution < -0.4 is 14.2 Å². The molecule has 1 aliphatic rings. The largest absolute Gasteiger partial charge is 0.508 e. The molecule has 1 atom stereocenters. The summed E-state index contributed by atoms with van der Waals surface area (Å²) in [7, 11) is 3.19. The first-order chi connectivity index (χ1) is 10.6. The van der Waals surface area contributed by atoms with Crippen LogP contribution in [-0.4, -0.2) is 24.4 Å². The first kappa shape index (κ1) is 14.4. The van der Waals surface area contributed by atoms with E-state index in [-0.39, 0.29) is 17.6 Å². The quantitative estimate of drug-likeness (QED) is 0.911. The van der Waals surface area contributed by atoms with Gasteiger partial charge in [0.15, 0.2) is 11.5 Å². The van der Waals surface area contributed by atoms with Crippen LogP contribution in [0.3, 0.4) is 0 Å². The number of rotatable bonds is 3. The van der Waals surface area contributed by atoms with Gasteiger partial charge in [-0.15, -0.1) is 0 Å². The highest BCUT2D eigenvalue weighted by atomic mass is 16.5. The third-order valence-electron chi connectivity index (χ3n) is 3.88. The average Bonchev–Trinajstić information content (AvgIpc) is 2.53. The number of benzene rings is 2. The van der Waals surface area contributed by atoms with E-state index < -0.39 is 0 Å². The summed E-state index contributed by atoms with van der Waals surface area (Å²) in [6.45, 7) is 0. The minimum Gasteiger partial charge on any atom is -0.508 e. The summed E-state index contributed by atoms with van der Waals surface area (Å²) in [4.78, 5) is 0. The maximum absolute atomic E-state index is 9.87. The number of aromatic hydroxyl groups is 2. The van der Waals surface area contributed by atoms with E-state index in [0.29, 0.717) is 23.7 Å². The van der Waals surface area contributed by atoms with Gasteiger partial charge in [0.25, 0.3) is 0 Å². The normalized spacial score (nSPS) is 16.5. The molecule has 1 aliphatic heterocycles. The van der Waals surface area contributed by atoms with E-state index in [9.17, 15) is 10.2 Å². The molecule has 5 heteroatoms. The van der Waals surface area contributed by atoms with Crippen molar-refractivity contribution in [1.82, 2.24) is 0 Å². The standard InChI is InChI=1S/C17H18O5/c1-20-15-5-3-10(7-17(15)21-2)14-6-4-12-13(19)8-11(18)9-16(12)22-14/h3,5,7-9,14,18-19H,4,6H2,1-2H3. The predicted molar refractivity (Wildman–Crippen MR) is 81.0 cm³/mol. The fourth-order valence-electron chi connectivity index (χ4n) is 2.75. The SMILES string of the molecule is COc1ccc(C2CCc3c(O)cc(O)cc3O2)cc1OC. The van der Waals surface area contributed by atoms with Crippen LogP contribution in [-0.2, 0) is 6.42 Å². The van der Waals surface area contributed by atoms with Gasteiger partial charge in [0.2, 0.25) is 0 Å². The molecule has 2 N–H and O–H groups in total. The second-order valence-electron chi connectivity index (χ2n) is 5.20. The second kappa shape index (κ2) is 5.67. The van der Waals surface area contributed by atoms with Crippen LogP contribution in [0.15, 0.2) is 30.3 Å². The molecule has 1 unspecified atom stereocenters. The van der Waals surface area contributed by atoms with Crippen LogP contribution in [0.2, 0.25) is 0 Å². The Hall–Kier alpha value is -2.56. The van der Waals surface area contributed by atoms with Gasteiger partial charge < -0.3 is 24.4 Å². The molecule has 116 valence electrons. The van der Waals surface area contributed by atoms with Crippen LogP contribution in [0.25, 0.3) is 0 Å². The summed E-state index contributed by atoms with van der Waals surface area (Å²) >= 11 is 0. The molecule has 0 saturated heterocycles. The average molecular weight is 302 g/mol. The van der Waals surface area contributed by atoms with Crippen molar-refractivity contribution in [3.05, 3.63) is 41.5 Å². The first-order valence-electron chi connectivity index (χ1n) is 7.05. The Labute approximate surface area is 128 Å². The van der Waals surface area contributed by atoms with Crippen molar-refractivity contribution >= 4 is 0 Å². The van der Waals surface area contributed by atoms with Gasteiger partial charge in [-0.05, 0) is 30.5 Å². The van der Waals surface area contributed by atoms with E-state index in [1.54, 1.807) is 14.2 Å². The molecule has 0 aliphatic carbocycles. The number of phenolic OH excluding ortho intramolecular Hbond substituents is 2. The zero-order valence-electron chi connectivity index (χ0n) is 12.5.